The van der Waals surface area contributed by atoms with Crippen molar-refractivity contribution in [2.45, 2.75) is 32.9 Å². The standard InChI is InChI=1S/C15H24IOP/c1-5-18(4,16,6-2)15(12-13(3)17)14-10-8-7-9-11-14/h7-11,15H,5-6,12H2,1-4H3. The molecule has 1 rings (SSSR count). The number of halogens is 1. The van der Waals surface area contributed by atoms with Gasteiger partial charge in [0.15, 0.2) is 0 Å². The molecule has 0 spiro atoms. The van der Waals surface area contributed by atoms with Crippen LogP contribution in [0.25, 0.3) is 0 Å². The van der Waals surface area contributed by atoms with Gasteiger partial charge in [-0.25, -0.2) is 0 Å². The van der Waals surface area contributed by atoms with Gasteiger partial charge in [-0.05, 0) is 0 Å². The Morgan fingerprint density at radius 2 is 1.72 bits per heavy atom. The van der Waals surface area contributed by atoms with Gasteiger partial charge in [0, 0.05) is 0 Å². The molecule has 0 saturated carbocycles. The number of rotatable bonds is 6. The summed E-state index contributed by atoms with van der Waals surface area (Å²) in [5.74, 6) is 0.304. The van der Waals surface area contributed by atoms with Gasteiger partial charge >= 0.3 is 125 Å². The van der Waals surface area contributed by atoms with Crippen molar-refractivity contribution < 1.29 is 4.79 Å². The third kappa shape index (κ3) is 3.54. The van der Waals surface area contributed by atoms with Crippen molar-refractivity contribution in [2.24, 2.45) is 0 Å². The van der Waals surface area contributed by atoms with E-state index in [1.807, 2.05) is 6.07 Å². The predicted octanol–water partition coefficient (Wildman–Crippen LogP) is 5.28. The SMILES string of the molecule is CCP(C)(I)(CC)C(CC(C)=O)c1ccccc1. The molecule has 102 valence electrons. The zero-order valence-electron chi connectivity index (χ0n) is 11.8. The van der Waals surface area contributed by atoms with Gasteiger partial charge in [-0.1, -0.05) is 0 Å². The summed E-state index contributed by atoms with van der Waals surface area (Å²) in [5, 5.41) is 0. The Bertz CT molecular complexity index is 406. The molecule has 3 heteroatoms. The third-order valence-corrected chi connectivity index (χ3v) is 15.9. The number of ketones is 1. The summed E-state index contributed by atoms with van der Waals surface area (Å²) in [4.78, 5) is 11.7. The van der Waals surface area contributed by atoms with Crippen molar-refractivity contribution in [2.75, 3.05) is 19.0 Å². The number of hydrogen-bond acceptors (Lipinski definition) is 1. The summed E-state index contributed by atoms with van der Waals surface area (Å²) >= 11 is 2.71. The summed E-state index contributed by atoms with van der Waals surface area (Å²) in [6.45, 7) is 8.72. The minimum absolute atomic E-state index is 0.304. The van der Waals surface area contributed by atoms with Crippen molar-refractivity contribution in [1.82, 2.24) is 0 Å². The van der Waals surface area contributed by atoms with E-state index in [4.69, 9.17) is 0 Å². The second-order valence-electron chi connectivity index (χ2n) is 5.45. The molecule has 18 heavy (non-hydrogen) atoms. The van der Waals surface area contributed by atoms with Crippen molar-refractivity contribution in [3.05, 3.63) is 35.9 Å². The first-order chi connectivity index (χ1) is 8.32. The van der Waals surface area contributed by atoms with E-state index in [0.717, 1.165) is 0 Å². The Hall–Kier alpha value is 0.0500. The van der Waals surface area contributed by atoms with E-state index in [1.165, 1.54) is 17.9 Å². The summed E-state index contributed by atoms with van der Waals surface area (Å²) < 4.78 is -1.86. The van der Waals surface area contributed by atoms with Crippen LogP contribution in [0, 0.1) is 0 Å². The summed E-state index contributed by atoms with van der Waals surface area (Å²) in [5.41, 5.74) is 1.75. The van der Waals surface area contributed by atoms with Gasteiger partial charge in [-0.2, -0.15) is 0 Å². The Balaban J connectivity index is 3.26. The number of Topliss-reactive ketones (excluding diaryl/α,β-unsaturated/α-hetero) is 1. The van der Waals surface area contributed by atoms with Crippen LogP contribution in [0.2, 0.25) is 0 Å². The molecule has 1 atom stereocenters. The van der Waals surface area contributed by atoms with Crippen LogP contribution < -0.4 is 0 Å². The molecular weight excluding hydrogens is 354 g/mol. The quantitative estimate of drug-likeness (QED) is 0.486. The molecule has 0 radical (unpaired) electrons. The van der Waals surface area contributed by atoms with E-state index >= 15 is 0 Å². The second kappa shape index (κ2) is 6.00. The van der Waals surface area contributed by atoms with Crippen LogP contribution in [-0.4, -0.2) is 24.8 Å². The maximum absolute atomic E-state index is 11.7. The van der Waals surface area contributed by atoms with E-state index in [-0.39, 0.29) is 0 Å². The zero-order chi connectivity index (χ0) is 13.8. The number of benzene rings is 1. The first-order valence-corrected chi connectivity index (χ1v) is 12.5. The van der Waals surface area contributed by atoms with Crippen LogP contribution in [0.4, 0.5) is 0 Å². The average Bonchev–Trinajstić information content (AvgIpc) is 2.37. The fraction of sp³-hybridized carbons (Fsp3) is 0.533. The molecule has 0 bridgehead atoms. The van der Waals surface area contributed by atoms with E-state index in [0.29, 0.717) is 17.9 Å². The van der Waals surface area contributed by atoms with Crippen LogP contribution in [0.5, 0.6) is 0 Å². The van der Waals surface area contributed by atoms with Crippen LogP contribution >= 0.6 is 26.3 Å². The predicted molar refractivity (Wildman–Crippen MR) is 92.4 cm³/mol. The fourth-order valence-corrected chi connectivity index (χ4v) is 7.06. The van der Waals surface area contributed by atoms with Gasteiger partial charge in [-0.15, -0.1) is 0 Å². The minimum atomic E-state index is -1.86. The van der Waals surface area contributed by atoms with Gasteiger partial charge in [-0.3, -0.25) is 0 Å². The van der Waals surface area contributed by atoms with Gasteiger partial charge in [0.25, 0.3) is 0 Å². The van der Waals surface area contributed by atoms with E-state index in [2.05, 4.69) is 66.8 Å². The molecule has 0 aliphatic rings. The van der Waals surface area contributed by atoms with Crippen molar-refractivity contribution in [3.63, 3.8) is 0 Å². The molecule has 1 nitrogen and oxygen atoms in total. The molecule has 1 aromatic rings. The maximum atomic E-state index is 11.7. The van der Waals surface area contributed by atoms with E-state index in [9.17, 15) is 4.79 Å². The zero-order valence-corrected chi connectivity index (χ0v) is 14.9. The summed E-state index contributed by atoms with van der Waals surface area (Å²) in [6.07, 6.45) is 3.06. The van der Waals surface area contributed by atoms with Gasteiger partial charge in [0.05, 0.1) is 0 Å². The molecule has 0 N–H and O–H groups in total. The normalized spacial score (nSPS) is 15.7. The van der Waals surface area contributed by atoms with Gasteiger partial charge in [0.1, 0.15) is 0 Å². The Morgan fingerprint density at radius 3 is 2.11 bits per heavy atom. The van der Waals surface area contributed by atoms with Gasteiger partial charge < -0.3 is 0 Å². The van der Waals surface area contributed by atoms with Crippen LogP contribution in [0.15, 0.2) is 30.3 Å². The first-order valence-electron chi connectivity index (χ1n) is 6.59. The van der Waals surface area contributed by atoms with Crippen molar-refractivity contribution in [1.29, 1.82) is 0 Å². The molecule has 0 amide bonds. The Labute approximate surface area is 124 Å². The van der Waals surface area contributed by atoms with Gasteiger partial charge in [0.2, 0.25) is 0 Å². The monoisotopic (exact) mass is 378 g/mol. The summed E-state index contributed by atoms with van der Waals surface area (Å²) in [6, 6.07) is 10.6. The number of carbonyl (C=O) groups is 1. The molecule has 0 heterocycles. The third-order valence-electron chi connectivity index (χ3n) is 4.22. The van der Waals surface area contributed by atoms with Crippen molar-refractivity contribution in [3.8, 4) is 0 Å². The topological polar surface area (TPSA) is 17.1 Å². The molecule has 0 fully saturated rings. The second-order valence-corrected chi connectivity index (χ2v) is 20.0. The average molecular weight is 378 g/mol. The molecule has 1 unspecified atom stereocenters. The summed E-state index contributed by atoms with van der Waals surface area (Å²) in [7, 11) is 0. The van der Waals surface area contributed by atoms with E-state index in [1.54, 1.807) is 6.92 Å². The molecule has 0 aliphatic heterocycles. The Morgan fingerprint density at radius 1 is 1.22 bits per heavy atom. The molecule has 1 aromatic carbocycles. The molecule has 0 aliphatic carbocycles. The number of hydrogen-bond donors (Lipinski definition) is 0. The van der Waals surface area contributed by atoms with Crippen LogP contribution in [0.3, 0.4) is 0 Å². The molecule has 0 aromatic heterocycles. The van der Waals surface area contributed by atoms with Crippen LogP contribution in [0.1, 0.15) is 38.4 Å². The first kappa shape index (κ1) is 16.1. The van der Waals surface area contributed by atoms with Crippen molar-refractivity contribution >= 4 is 32.1 Å². The van der Waals surface area contributed by atoms with E-state index < -0.39 is 4.25 Å². The Kier molecular flexibility index (Phi) is 5.37. The number of carbonyl (C=O) groups excluding carboxylic acids is 1. The van der Waals surface area contributed by atoms with Crippen LogP contribution in [-0.2, 0) is 4.79 Å². The fourth-order valence-electron chi connectivity index (χ4n) is 2.40. The molecule has 0 saturated heterocycles. The molecular formula is C15H24IOP.